The van der Waals surface area contributed by atoms with Crippen LogP contribution in [0.4, 0.5) is 0 Å². The molecule has 0 aromatic heterocycles. The molecular formula is C13H20O2. The molecule has 0 radical (unpaired) electrons. The fourth-order valence-electron chi connectivity index (χ4n) is 1.20. The normalized spacial score (nSPS) is 14.6. The van der Waals surface area contributed by atoms with Gasteiger partial charge in [-0.1, -0.05) is 26.0 Å². The Morgan fingerprint density at radius 3 is 2.27 bits per heavy atom. The zero-order chi connectivity index (χ0) is 11.8. The second-order valence-electron chi connectivity index (χ2n) is 4.18. The van der Waals surface area contributed by atoms with Crippen molar-refractivity contribution >= 4 is 12.1 Å². The minimum atomic E-state index is 0.0664. The Morgan fingerprint density at radius 1 is 1.27 bits per heavy atom. The average molecular weight is 208 g/mol. The van der Waals surface area contributed by atoms with Gasteiger partial charge in [0.05, 0.1) is 0 Å². The summed E-state index contributed by atoms with van der Waals surface area (Å²) in [5, 5.41) is 0. The topological polar surface area (TPSA) is 34.1 Å². The van der Waals surface area contributed by atoms with Crippen LogP contribution in [-0.4, -0.2) is 12.1 Å². The van der Waals surface area contributed by atoms with Crippen molar-refractivity contribution in [2.45, 2.75) is 34.1 Å². The summed E-state index contributed by atoms with van der Waals surface area (Å²) in [5.74, 6) is 0.858. The molecule has 0 aliphatic carbocycles. The Bertz CT molecular complexity index is 272. The summed E-state index contributed by atoms with van der Waals surface area (Å²) < 4.78 is 0. The highest BCUT2D eigenvalue weighted by atomic mass is 16.1. The van der Waals surface area contributed by atoms with Gasteiger partial charge in [0.1, 0.15) is 6.29 Å². The molecule has 0 rings (SSSR count). The van der Waals surface area contributed by atoms with E-state index in [1.165, 1.54) is 0 Å². The highest BCUT2D eigenvalue weighted by Crippen LogP contribution is 2.18. The predicted molar refractivity (Wildman–Crippen MR) is 62.6 cm³/mol. The number of hydrogen-bond acceptors (Lipinski definition) is 2. The fourth-order valence-corrected chi connectivity index (χ4v) is 1.20. The molecule has 0 N–H and O–H groups in total. The lowest BCUT2D eigenvalue weighted by atomic mass is 9.91. The van der Waals surface area contributed by atoms with Crippen LogP contribution in [0.15, 0.2) is 23.8 Å². The molecule has 0 amide bonds. The van der Waals surface area contributed by atoms with Crippen molar-refractivity contribution in [3.8, 4) is 0 Å². The van der Waals surface area contributed by atoms with Gasteiger partial charge in [-0.2, -0.15) is 0 Å². The van der Waals surface area contributed by atoms with Gasteiger partial charge in [0.15, 0.2) is 5.78 Å². The monoisotopic (exact) mass is 208 g/mol. The smallest absolute Gasteiger partial charge is 0.152 e. The molecule has 0 fully saturated rings. The van der Waals surface area contributed by atoms with Gasteiger partial charge in [0.2, 0.25) is 0 Å². The number of carbonyl (C=O) groups is 2. The molecule has 15 heavy (non-hydrogen) atoms. The van der Waals surface area contributed by atoms with Crippen molar-refractivity contribution < 1.29 is 9.59 Å². The van der Waals surface area contributed by atoms with Gasteiger partial charge in [-0.05, 0) is 43.8 Å². The number of aldehydes is 1. The number of carbonyl (C=O) groups excluding carboxylic acids is 2. The number of allylic oxidation sites excluding steroid dienone is 4. The van der Waals surface area contributed by atoms with E-state index in [4.69, 9.17) is 0 Å². The van der Waals surface area contributed by atoms with Crippen LogP contribution in [0, 0.1) is 11.8 Å². The molecule has 2 nitrogen and oxygen atoms in total. The second-order valence-corrected chi connectivity index (χ2v) is 4.18. The second kappa shape index (κ2) is 7.16. The van der Waals surface area contributed by atoms with Gasteiger partial charge in [0, 0.05) is 0 Å². The third-order valence-corrected chi connectivity index (χ3v) is 2.33. The first kappa shape index (κ1) is 13.8. The number of rotatable bonds is 6. The average Bonchev–Trinajstić information content (AvgIpc) is 2.16. The molecule has 0 aliphatic rings. The summed E-state index contributed by atoms with van der Waals surface area (Å²) in [7, 11) is 0. The van der Waals surface area contributed by atoms with Crippen molar-refractivity contribution in [2.24, 2.45) is 11.8 Å². The summed E-state index contributed by atoms with van der Waals surface area (Å²) in [6.45, 7) is 7.55. The molecule has 0 saturated heterocycles. The first-order valence-corrected chi connectivity index (χ1v) is 5.28. The maximum Gasteiger partial charge on any atom is 0.152 e. The summed E-state index contributed by atoms with van der Waals surface area (Å²) in [5.41, 5.74) is 0.747. The van der Waals surface area contributed by atoms with Crippen LogP contribution in [0.25, 0.3) is 0 Å². The minimum absolute atomic E-state index is 0.0664. The van der Waals surface area contributed by atoms with Crippen LogP contribution < -0.4 is 0 Å². The van der Waals surface area contributed by atoms with Crippen LogP contribution in [0.2, 0.25) is 0 Å². The summed E-state index contributed by atoms with van der Waals surface area (Å²) in [6, 6.07) is 0. The molecule has 2 heteroatoms. The quantitative estimate of drug-likeness (QED) is 0.497. The van der Waals surface area contributed by atoms with Gasteiger partial charge >= 0.3 is 0 Å². The lowest BCUT2D eigenvalue weighted by Crippen LogP contribution is -2.05. The molecule has 0 aliphatic heterocycles. The highest BCUT2D eigenvalue weighted by Gasteiger charge is 2.08. The third kappa shape index (κ3) is 6.83. The third-order valence-electron chi connectivity index (χ3n) is 2.33. The zero-order valence-electron chi connectivity index (χ0n) is 9.99. The molecule has 0 aromatic carbocycles. The van der Waals surface area contributed by atoms with Crippen LogP contribution in [0.5, 0.6) is 0 Å². The van der Waals surface area contributed by atoms with Crippen molar-refractivity contribution in [3.63, 3.8) is 0 Å². The van der Waals surface area contributed by atoms with E-state index in [0.29, 0.717) is 11.8 Å². The Morgan fingerprint density at radius 2 is 1.87 bits per heavy atom. The lowest BCUT2D eigenvalue weighted by molar-refractivity contribution is -0.112. The van der Waals surface area contributed by atoms with Gasteiger partial charge in [-0.15, -0.1) is 0 Å². The Balaban J connectivity index is 4.42. The first-order valence-electron chi connectivity index (χ1n) is 5.28. The van der Waals surface area contributed by atoms with Crippen molar-refractivity contribution in [1.29, 1.82) is 0 Å². The summed E-state index contributed by atoms with van der Waals surface area (Å²) >= 11 is 0. The highest BCUT2D eigenvalue weighted by molar-refractivity contribution is 5.87. The van der Waals surface area contributed by atoms with Crippen LogP contribution in [-0.2, 0) is 9.59 Å². The van der Waals surface area contributed by atoms with E-state index in [1.807, 2.05) is 12.2 Å². The molecule has 0 unspecified atom stereocenters. The molecule has 0 aromatic rings. The molecule has 1 atom stereocenters. The summed E-state index contributed by atoms with van der Waals surface area (Å²) in [6.07, 6.45) is 7.12. The van der Waals surface area contributed by atoms with E-state index in [1.54, 1.807) is 19.9 Å². The molecule has 0 bridgehead atoms. The van der Waals surface area contributed by atoms with Gasteiger partial charge in [-0.3, -0.25) is 9.59 Å². The van der Waals surface area contributed by atoms with Crippen molar-refractivity contribution in [2.75, 3.05) is 0 Å². The fraction of sp³-hybridized carbons (Fsp3) is 0.538. The molecule has 0 heterocycles. The van der Waals surface area contributed by atoms with E-state index in [9.17, 15) is 9.59 Å². The van der Waals surface area contributed by atoms with Crippen molar-refractivity contribution in [3.05, 3.63) is 23.8 Å². The Hall–Kier alpha value is -1.18. The van der Waals surface area contributed by atoms with E-state index in [-0.39, 0.29) is 5.78 Å². The van der Waals surface area contributed by atoms with Crippen molar-refractivity contribution in [1.82, 2.24) is 0 Å². The van der Waals surface area contributed by atoms with E-state index in [2.05, 4.69) is 13.8 Å². The minimum Gasteiger partial charge on any atom is -0.298 e. The van der Waals surface area contributed by atoms with Crippen LogP contribution >= 0.6 is 0 Å². The maximum absolute atomic E-state index is 10.8. The van der Waals surface area contributed by atoms with Crippen LogP contribution in [0.1, 0.15) is 34.1 Å². The zero-order valence-corrected chi connectivity index (χ0v) is 9.99. The Kier molecular flexibility index (Phi) is 6.59. The molecule has 84 valence electrons. The summed E-state index contributed by atoms with van der Waals surface area (Å²) in [4.78, 5) is 21.2. The largest absolute Gasteiger partial charge is 0.298 e. The number of hydrogen-bond donors (Lipinski definition) is 0. The SMILES string of the molecule is CC(=O)/C=C/[C@H](C/C=C(\C)C=O)C(C)C. The predicted octanol–water partition coefficient (Wildman–Crippen LogP) is 2.94. The van der Waals surface area contributed by atoms with E-state index in [0.717, 1.165) is 18.3 Å². The molecule has 0 saturated carbocycles. The molecule has 0 spiro atoms. The van der Waals surface area contributed by atoms with Gasteiger partial charge < -0.3 is 0 Å². The van der Waals surface area contributed by atoms with E-state index < -0.39 is 0 Å². The standard InChI is InChI=1S/C13H20O2/c1-10(2)13(8-6-12(4)15)7-5-11(3)9-14/h5-6,8-10,13H,7H2,1-4H3/b8-6+,11-5+/t13-/m0/s1. The first-order chi connectivity index (χ1) is 6.97. The maximum atomic E-state index is 10.8. The van der Waals surface area contributed by atoms with Gasteiger partial charge in [-0.25, -0.2) is 0 Å². The van der Waals surface area contributed by atoms with Crippen LogP contribution in [0.3, 0.4) is 0 Å². The van der Waals surface area contributed by atoms with Gasteiger partial charge in [0.25, 0.3) is 0 Å². The van der Waals surface area contributed by atoms with E-state index >= 15 is 0 Å². The molecular weight excluding hydrogens is 188 g/mol. The Labute approximate surface area is 92.1 Å². The number of ketones is 1. The lowest BCUT2D eigenvalue weighted by Gasteiger charge is -2.14.